The Balaban J connectivity index is 1.56. The Hall–Kier alpha value is -4.93. The van der Waals surface area contributed by atoms with Gasteiger partial charge in [-0.15, -0.1) is 0 Å². The van der Waals surface area contributed by atoms with Crippen LogP contribution >= 0.6 is 0 Å². The van der Waals surface area contributed by atoms with Gasteiger partial charge < -0.3 is 23.9 Å². The van der Waals surface area contributed by atoms with Crippen LogP contribution in [0.15, 0.2) is 80.3 Å². The number of esters is 2. The van der Waals surface area contributed by atoms with Crippen LogP contribution in [0, 0.1) is 17.0 Å². The minimum Gasteiger partial charge on any atom is -0.490 e. The standard InChI is InChI=1S/C28H26N2O9/c1-15-13-23(31)39-22-14-18(9-10-19(15)22)37-11-12-38-28(33)25-17(3)29-16(2)24(27(32)36-4)26(25)20-7-5-6-8-21(20)30(34)35/h5-10,13-14,26,29H,11-12H2,1-4H3. The topological polar surface area (TPSA) is 147 Å². The highest BCUT2D eigenvalue weighted by Crippen LogP contribution is 2.42. The lowest BCUT2D eigenvalue weighted by Gasteiger charge is -2.30. The van der Waals surface area contributed by atoms with Crippen LogP contribution in [-0.2, 0) is 19.1 Å². The lowest BCUT2D eigenvalue weighted by Crippen LogP contribution is -2.33. The molecule has 0 saturated carbocycles. The Kier molecular flexibility index (Phi) is 7.80. The highest BCUT2D eigenvalue weighted by atomic mass is 16.6. The zero-order valence-electron chi connectivity index (χ0n) is 21.7. The number of benzene rings is 2. The summed E-state index contributed by atoms with van der Waals surface area (Å²) in [7, 11) is 1.19. The number of ether oxygens (including phenoxy) is 3. The number of nitro benzene ring substituents is 1. The lowest BCUT2D eigenvalue weighted by molar-refractivity contribution is -0.385. The van der Waals surface area contributed by atoms with Crippen molar-refractivity contribution in [2.45, 2.75) is 26.7 Å². The maximum absolute atomic E-state index is 13.3. The van der Waals surface area contributed by atoms with Gasteiger partial charge in [-0.3, -0.25) is 10.1 Å². The fourth-order valence-corrected chi connectivity index (χ4v) is 4.62. The van der Waals surface area contributed by atoms with Crippen molar-refractivity contribution in [1.29, 1.82) is 0 Å². The third-order valence-corrected chi connectivity index (χ3v) is 6.34. The predicted octanol–water partition coefficient (Wildman–Crippen LogP) is 4.04. The number of nitrogens with zero attached hydrogens (tertiary/aromatic N) is 1. The van der Waals surface area contributed by atoms with Crippen molar-refractivity contribution in [2.75, 3.05) is 20.3 Å². The third-order valence-electron chi connectivity index (χ3n) is 6.34. The molecule has 11 heteroatoms. The first kappa shape index (κ1) is 27.1. The van der Waals surface area contributed by atoms with E-state index in [9.17, 15) is 24.5 Å². The molecule has 0 saturated heterocycles. The molecular formula is C28H26N2O9. The molecule has 1 aliphatic heterocycles. The highest BCUT2D eigenvalue weighted by molar-refractivity contribution is 6.00. The first-order valence-electron chi connectivity index (χ1n) is 12.0. The molecule has 2 aromatic carbocycles. The molecule has 0 radical (unpaired) electrons. The Bertz CT molecular complexity index is 1600. The number of hydrogen-bond donors (Lipinski definition) is 1. The summed E-state index contributed by atoms with van der Waals surface area (Å²) in [5.74, 6) is -2.20. The van der Waals surface area contributed by atoms with E-state index in [1.165, 1.54) is 31.4 Å². The zero-order chi connectivity index (χ0) is 28.3. The first-order chi connectivity index (χ1) is 18.6. The molecule has 1 aromatic heterocycles. The van der Waals surface area contributed by atoms with Crippen molar-refractivity contribution < 1.29 is 33.1 Å². The van der Waals surface area contributed by atoms with Crippen molar-refractivity contribution in [3.05, 3.63) is 103 Å². The van der Waals surface area contributed by atoms with E-state index in [1.807, 2.05) is 0 Å². The van der Waals surface area contributed by atoms with Gasteiger partial charge in [0.2, 0.25) is 0 Å². The minimum atomic E-state index is -1.10. The monoisotopic (exact) mass is 534 g/mol. The summed E-state index contributed by atoms with van der Waals surface area (Å²) in [4.78, 5) is 49.0. The number of nitro groups is 1. The number of para-hydroxylation sites is 1. The second-order valence-electron chi connectivity index (χ2n) is 8.83. The van der Waals surface area contributed by atoms with E-state index in [0.717, 1.165) is 10.9 Å². The van der Waals surface area contributed by atoms with Gasteiger partial charge in [0.05, 0.1) is 29.1 Å². The molecule has 0 bridgehead atoms. The largest absolute Gasteiger partial charge is 0.490 e. The van der Waals surface area contributed by atoms with Crippen LogP contribution < -0.4 is 15.7 Å². The molecule has 202 valence electrons. The van der Waals surface area contributed by atoms with E-state index in [0.29, 0.717) is 22.7 Å². The molecular weight excluding hydrogens is 508 g/mol. The molecule has 2 heterocycles. The van der Waals surface area contributed by atoms with Gasteiger partial charge >= 0.3 is 17.6 Å². The molecule has 1 N–H and O–H groups in total. The van der Waals surface area contributed by atoms with Gasteiger partial charge in [-0.25, -0.2) is 14.4 Å². The van der Waals surface area contributed by atoms with Gasteiger partial charge in [-0.1, -0.05) is 18.2 Å². The van der Waals surface area contributed by atoms with Gasteiger partial charge in [-0.2, -0.15) is 0 Å². The molecule has 0 amide bonds. The van der Waals surface area contributed by atoms with Crippen molar-refractivity contribution in [3.63, 3.8) is 0 Å². The predicted molar refractivity (Wildman–Crippen MR) is 140 cm³/mol. The van der Waals surface area contributed by atoms with Crippen LogP contribution in [0.2, 0.25) is 0 Å². The molecule has 4 rings (SSSR count). The fraction of sp³-hybridized carbons (Fsp3) is 0.250. The number of hydrogen-bond acceptors (Lipinski definition) is 10. The number of methoxy groups -OCH3 is 1. The third kappa shape index (κ3) is 5.52. The molecule has 0 fully saturated rings. The van der Waals surface area contributed by atoms with Gasteiger partial charge in [-0.05, 0) is 38.5 Å². The van der Waals surface area contributed by atoms with Crippen LogP contribution in [0.25, 0.3) is 11.0 Å². The van der Waals surface area contributed by atoms with Crippen molar-refractivity contribution in [1.82, 2.24) is 5.32 Å². The lowest BCUT2D eigenvalue weighted by atomic mass is 9.79. The number of allylic oxidation sites excluding steroid dienone is 2. The molecule has 0 spiro atoms. The summed E-state index contributed by atoms with van der Waals surface area (Å²) < 4.78 is 21.3. The second-order valence-corrected chi connectivity index (χ2v) is 8.83. The van der Waals surface area contributed by atoms with Gasteiger partial charge in [0.1, 0.15) is 24.5 Å². The summed E-state index contributed by atoms with van der Waals surface area (Å²) in [5.41, 5.74) is 1.46. The van der Waals surface area contributed by atoms with E-state index in [-0.39, 0.29) is 35.6 Å². The SMILES string of the molecule is COC(=O)C1=C(C)NC(C)=C(C(=O)OCCOc2ccc3c(C)cc(=O)oc3c2)C1c1ccccc1[N+](=O)[O-]. The zero-order valence-corrected chi connectivity index (χ0v) is 21.7. The van der Waals surface area contributed by atoms with E-state index < -0.39 is 28.4 Å². The van der Waals surface area contributed by atoms with Gasteiger partial charge in [0.25, 0.3) is 5.69 Å². The van der Waals surface area contributed by atoms with Crippen LogP contribution in [0.4, 0.5) is 5.69 Å². The minimum absolute atomic E-state index is 0.0259. The Labute approximate surface area is 222 Å². The van der Waals surface area contributed by atoms with Crippen molar-refractivity contribution >= 4 is 28.6 Å². The maximum atomic E-state index is 13.3. The van der Waals surface area contributed by atoms with Crippen LogP contribution in [0.3, 0.4) is 0 Å². The fourth-order valence-electron chi connectivity index (χ4n) is 4.62. The van der Waals surface area contributed by atoms with Gasteiger partial charge in [0.15, 0.2) is 0 Å². The summed E-state index contributed by atoms with van der Waals surface area (Å²) in [6.45, 7) is 4.86. The smallest absolute Gasteiger partial charge is 0.336 e. The van der Waals surface area contributed by atoms with Crippen molar-refractivity contribution in [3.8, 4) is 5.75 Å². The quantitative estimate of drug-likeness (QED) is 0.148. The summed E-state index contributed by atoms with van der Waals surface area (Å²) in [5, 5.41) is 15.6. The van der Waals surface area contributed by atoms with Crippen LogP contribution in [0.1, 0.15) is 30.9 Å². The molecule has 3 aromatic rings. The summed E-state index contributed by atoms with van der Waals surface area (Å²) in [6.07, 6.45) is 0. The molecule has 11 nitrogen and oxygen atoms in total. The Morgan fingerprint density at radius 2 is 1.69 bits per heavy atom. The average Bonchev–Trinajstić information content (AvgIpc) is 2.89. The van der Waals surface area contributed by atoms with Crippen molar-refractivity contribution in [2.24, 2.45) is 0 Å². The Morgan fingerprint density at radius 3 is 2.38 bits per heavy atom. The number of rotatable bonds is 8. The van der Waals surface area contributed by atoms with Crippen LogP contribution in [-0.4, -0.2) is 37.2 Å². The number of nitrogens with one attached hydrogen (secondary N) is 1. The van der Waals surface area contributed by atoms with E-state index in [4.69, 9.17) is 18.6 Å². The first-order valence-corrected chi connectivity index (χ1v) is 12.0. The number of carbonyl (C=O) groups is 2. The number of fused-ring (bicyclic) bond motifs is 1. The average molecular weight is 535 g/mol. The number of aryl methyl sites for hydroxylation is 1. The number of dihydropyridines is 1. The normalized spacial score (nSPS) is 15.1. The maximum Gasteiger partial charge on any atom is 0.336 e. The molecule has 39 heavy (non-hydrogen) atoms. The second kappa shape index (κ2) is 11.2. The van der Waals surface area contributed by atoms with E-state index in [2.05, 4.69) is 5.32 Å². The summed E-state index contributed by atoms with van der Waals surface area (Å²) >= 11 is 0. The number of carbonyl (C=O) groups excluding carboxylic acids is 2. The van der Waals surface area contributed by atoms with E-state index >= 15 is 0 Å². The Morgan fingerprint density at radius 1 is 1.00 bits per heavy atom. The van der Waals surface area contributed by atoms with Gasteiger partial charge in [0, 0.05) is 40.5 Å². The van der Waals surface area contributed by atoms with E-state index in [1.54, 1.807) is 45.0 Å². The molecule has 0 aliphatic carbocycles. The van der Waals surface area contributed by atoms with Crippen LogP contribution in [0.5, 0.6) is 5.75 Å². The summed E-state index contributed by atoms with van der Waals surface area (Å²) in [6, 6.07) is 12.3. The highest BCUT2D eigenvalue weighted by Gasteiger charge is 2.40. The molecule has 1 atom stereocenters. The molecule has 1 unspecified atom stereocenters. The molecule has 1 aliphatic rings.